The van der Waals surface area contributed by atoms with Gasteiger partial charge in [0.1, 0.15) is 49.3 Å². The molecule has 0 aromatic heterocycles. The number of rotatable bonds is 5. The summed E-state index contributed by atoms with van der Waals surface area (Å²) < 4.78 is 15.4. The molecule has 0 aliphatic carbocycles. The average Bonchev–Trinajstić information content (AvgIpc) is 2.86. The van der Waals surface area contributed by atoms with E-state index in [1.165, 1.54) is 0 Å². The van der Waals surface area contributed by atoms with E-state index in [1.807, 2.05) is 0 Å². The quantitative estimate of drug-likeness (QED) is 0.177. The number of hydrogen-bond donors (Lipinski definition) is 8. The SMILES string of the molecule is CC(=O)[O-].OC[C@H]1O[C@@](CO)(O[C@H]2O[C@H](CO)[C@@H](O)[C@H](O)[C@H]2O)[C@@H](O)[C@@H]1O.[K+].[NaH]. The number of aliphatic hydroxyl groups excluding tert-OH is 8. The van der Waals surface area contributed by atoms with Crippen molar-refractivity contribution in [1.82, 2.24) is 0 Å². The zero-order valence-corrected chi connectivity index (χ0v) is 18.5. The first-order valence-corrected chi connectivity index (χ1v) is 7.96. The van der Waals surface area contributed by atoms with Crippen molar-refractivity contribution in [3.63, 3.8) is 0 Å². The summed E-state index contributed by atoms with van der Waals surface area (Å²) in [5.74, 6) is -3.31. The fraction of sp³-hybridized carbons (Fsp3) is 0.929. The number of carboxylic acids is 1. The van der Waals surface area contributed by atoms with Gasteiger partial charge >= 0.3 is 80.9 Å². The molecule has 0 bridgehead atoms. The molecule has 0 aromatic carbocycles. The topological polar surface area (TPSA) is 230 Å². The van der Waals surface area contributed by atoms with Crippen LogP contribution in [0.15, 0.2) is 0 Å². The van der Waals surface area contributed by atoms with Gasteiger partial charge in [0.25, 0.3) is 0 Å². The number of aliphatic hydroxyl groups is 8. The first kappa shape index (κ1) is 32.8. The molecule has 2 aliphatic rings. The zero-order valence-electron chi connectivity index (χ0n) is 15.4. The summed E-state index contributed by atoms with van der Waals surface area (Å²) in [6, 6.07) is 0. The Labute approximate surface area is 230 Å². The summed E-state index contributed by atoms with van der Waals surface area (Å²) in [6.45, 7) is -1.35. The predicted molar refractivity (Wildman–Crippen MR) is 86.5 cm³/mol. The molecular formula is C14H26KNaO13. The number of carboxylic acid groups (broad SMARTS) is 1. The Morgan fingerprint density at radius 3 is 1.83 bits per heavy atom. The van der Waals surface area contributed by atoms with Gasteiger partial charge in [-0.3, -0.25) is 0 Å². The van der Waals surface area contributed by atoms with E-state index in [0.717, 1.165) is 6.92 Å². The summed E-state index contributed by atoms with van der Waals surface area (Å²) in [5.41, 5.74) is 0. The summed E-state index contributed by atoms with van der Waals surface area (Å²) in [6.07, 6.45) is -12.7. The molecule has 0 radical (unpaired) electrons. The number of carbonyl (C=O) groups excluding carboxylic acids is 1. The van der Waals surface area contributed by atoms with Gasteiger partial charge in [0.2, 0.25) is 5.79 Å². The van der Waals surface area contributed by atoms with Crippen molar-refractivity contribution in [3.05, 3.63) is 0 Å². The van der Waals surface area contributed by atoms with E-state index in [-0.39, 0.29) is 80.9 Å². The van der Waals surface area contributed by atoms with Crippen LogP contribution in [-0.4, -0.2) is 151 Å². The van der Waals surface area contributed by atoms with Gasteiger partial charge in [-0.15, -0.1) is 0 Å². The summed E-state index contributed by atoms with van der Waals surface area (Å²) in [5, 5.41) is 85.6. The first-order valence-electron chi connectivity index (χ1n) is 7.96. The van der Waals surface area contributed by atoms with Crippen molar-refractivity contribution in [3.8, 4) is 0 Å². The van der Waals surface area contributed by atoms with Crippen LogP contribution in [0.3, 0.4) is 0 Å². The van der Waals surface area contributed by atoms with Crippen molar-refractivity contribution < 1.29 is 116 Å². The molecule has 13 nitrogen and oxygen atoms in total. The second kappa shape index (κ2) is 14.7. The molecule has 162 valence electrons. The standard InChI is InChI=1S/C12H22O11.C2H4O2.K.Na.H/c13-1-4-6(16)8(18)9(19)11(21-4)23-12(3-15)10(20)7(17)5(2-14)22-12;1-2(3)4;;;/h4-11,13-20H,1-3H2;1H3,(H,3,4);;;/q;;+1;;/p-1/t4-,5-,6-,7-,8+,9-,10+,11-,12+;;;;/m1..../s1. The number of carbonyl (C=O) groups is 1. The second-order valence-corrected chi connectivity index (χ2v) is 6.05. The van der Waals surface area contributed by atoms with E-state index in [2.05, 4.69) is 0 Å². The van der Waals surface area contributed by atoms with Crippen molar-refractivity contribution in [2.24, 2.45) is 0 Å². The van der Waals surface area contributed by atoms with E-state index in [9.17, 15) is 30.6 Å². The van der Waals surface area contributed by atoms with Gasteiger partial charge in [0.15, 0.2) is 6.29 Å². The van der Waals surface area contributed by atoms with Crippen LogP contribution in [0.1, 0.15) is 6.92 Å². The van der Waals surface area contributed by atoms with Crippen LogP contribution in [-0.2, 0) is 19.0 Å². The van der Waals surface area contributed by atoms with Crippen LogP contribution in [0.25, 0.3) is 0 Å². The van der Waals surface area contributed by atoms with E-state index in [1.54, 1.807) is 0 Å². The van der Waals surface area contributed by atoms with Gasteiger partial charge in [-0.25, -0.2) is 0 Å². The van der Waals surface area contributed by atoms with Crippen LogP contribution in [0.5, 0.6) is 0 Å². The maximum absolute atomic E-state index is 10.00. The van der Waals surface area contributed by atoms with Crippen molar-refractivity contribution >= 4 is 35.5 Å². The normalized spacial score (nSPS) is 41.4. The number of aliphatic carboxylic acids is 1. The van der Waals surface area contributed by atoms with Gasteiger partial charge in [-0.1, -0.05) is 0 Å². The summed E-state index contributed by atoms with van der Waals surface area (Å²) in [4.78, 5) is 8.89. The zero-order chi connectivity index (χ0) is 20.9. The molecule has 0 amide bonds. The molecule has 0 saturated carbocycles. The third-order valence-electron chi connectivity index (χ3n) is 4.07. The Balaban J connectivity index is 0. The monoisotopic (exact) mass is 464 g/mol. The molecule has 2 saturated heterocycles. The third-order valence-corrected chi connectivity index (χ3v) is 4.07. The van der Waals surface area contributed by atoms with Crippen LogP contribution in [0.4, 0.5) is 0 Å². The number of hydrogen-bond acceptors (Lipinski definition) is 13. The Kier molecular flexibility index (Phi) is 16.7. The second-order valence-electron chi connectivity index (χ2n) is 6.05. The van der Waals surface area contributed by atoms with Crippen molar-refractivity contribution in [1.29, 1.82) is 0 Å². The molecule has 2 heterocycles. The minimum absolute atomic E-state index is 0. The molecule has 2 fully saturated rings. The van der Waals surface area contributed by atoms with E-state index >= 15 is 0 Å². The van der Waals surface area contributed by atoms with Gasteiger partial charge in [-0.05, 0) is 6.92 Å². The van der Waals surface area contributed by atoms with Gasteiger partial charge in [0, 0.05) is 5.97 Å². The van der Waals surface area contributed by atoms with Gasteiger partial charge in [0.05, 0.1) is 13.2 Å². The molecule has 0 aromatic rings. The van der Waals surface area contributed by atoms with Gasteiger partial charge < -0.3 is 65.0 Å². The number of ether oxygens (including phenoxy) is 3. The fourth-order valence-corrected chi connectivity index (χ4v) is 2.63. The van der Waals surface area contributed by atoms with E-state index in [4.69, 9.17) is 34.3 Å². The van der Waals surface area contributed by atoms with Crippen molar-refractivity contribution in [2.45, 2.75) is 61.7 Å². The summed E-state index contributed by atoms with van der Waals surface area (Å²) >= 11 is 0. The molecule has 0 unspecified atom stereocenters. The Morgan fingerprint density at radius 1 is 0.966 bits per heavy atom. The minimum atomic E-state index is -2.22. The molecular weight excluding hydrogens is 438 g/mol. The fourth-order valence-electron chi connectivity index (χ4n) is 2.63. The van der Waals surface area contributed by atoms with Crippen LogP contribution >= 0.6 is 0 Å². The van der Waals surface area contributed by atoms with E-state index in [0.29, 0.717) is 0 Å². The first-order chi connectivity index (χ1) is 12.5. The molecule has 8 N–H and O–H groups in total. The molecule has 2 aliphatic heterocycles. The van der Waals surface area contributed by atoms with Crippen LogP contribution < -0.4 is 56.5 Å². The molecule has 9 atom stereocenters. The molecule has 29 heavy (non-hydrogen) atoms. The Hall–Kier alpha value is 1.67. The Morgan fingerprint density at radius 2 is 1.45 bits per heavy atom. The Bertz CT molecular complexity index is 482. The average molecular weight is 464 g/mol. The maximum atomic E-state index is 10.00. The predicted octanol–water partition coefficient (Wildman–Crippen LogP) is -10.3. The third kappa shape index (κ3) is 8.19. The van der Waals surface area contributed by atoms with Crippen molar-refractivity contribution in [2.75, 3.05) is 19.8 Å². The molecule has 0 spiro atoms. The molecule has 15 heteroatoms. The van der Waals surface area contributed by atoms with E-state index < -0.39 is 80.6 Å². The molecule has 2 rings (SSSR count). The van der Waals surface area contributed by atoms with Gasteiger partial charge in [-0.2, -0.15) is 0 Å². The van der Waals surface area contributed by atoms with Crippen LogP contribution in [0.2, 0.25) is 0 Å². The van der Waals surface area contributed by atoms with Crippen LogP contribution in [0, 0.1) is 0 Å². The summed E-state index contributed by atoms with van der Waals surface area (Å²) in [7, 11) is 0.